The van der Waals surface area contributed by atoms with Crippen LogP contribution in [0.2, 0.25) is 0 Å². The molecule has 0 atom stereocenters. The van der Waals surface area contributed by atoms with Crippen LogP contribution < -0.4 is 5.32 Å². The summed E-state index contributed by atoms with van der Waals surface area (Å²) in [5.74, 6) is 0.627. The van der Waals surface area contributed by atoms with E-state index in [9.17, 15) is 4.79 Å². The minimum Gasteiger partial charge on any atom is -0.487 e. The maximum Gasteiger partial charge on any atom is 0.260 e. The molecule has 3 heteroatoms. The molecule has 22 heavy (non-hydrogen) atoms. The maximum atomic E-state index is 12.3. The van der Waals surface area contributed by atoms with E-state index in [1.807, 2.05) is 24.3 Å². The van der Waals surface area contributed by atoms with E-state index in [2.05, 4.69) is 30.4 Å². The Labute approximate surface area is 129 Å². The zero-order chi connectivity index (χ0) is 15.1. The highest BCUT2D eigenvalue weighted by Gasteiger charge is 2.32. The lowest BCUT2D eigenvalue weighted by Crippen LogP contribution is -2.05. The normalized spacial score (nSPS) is 18.7. The van der Waals surface area contributed by atoms with Gasteiger partial charge in [0.25, 0.3) is 5.91 Å². The van der Waals surface area contributed by atoms with Crippen molar-refractivity contribution in [3.63, 3.8) is 0 Å². The molecule has 4 rings (SSSR count). The number of fused-ring (bicyclic) bond motifs is 2. The molecule has 110 valence electrons. The molecule has 2 aromatic carbocycles. The second-order valence-corrected chi connectivity index (χ2v) is 5.73. The highest BCUT2D eigenvalue weighted by Crippen LogP contribution is 2.41. The zero-order valence-electron chi connectivity index (χ0n) is 12.5. The first-order valence-corrected chi connectivity index (χ1v) is 7.68. The van der Waals surface area contributed by atoms with Gasteiger partial charge in [-0.25, -0.2) is 0 Å². The predicted octanol–water partition coefficient (Wildman–Crippen LogP) is 3.99. The van der Waals surface area contributed by atoms with Crippen LogP contribution in [0.5, 0.6) is 0 Å². The van der Waals surface area contributed by atoms with Crippen molar-refractivity contribution in [1.82, 2.24) is 0 Å². The van der Waals surface area contributed by atoms with Crippen molar-refractivity contribution in [3.8, 4) is 0 Å². The molecule has 2 aromatic rings. The number of para-hydroxylation sites is 1. The van der Waals surface area contributed by atoms with Gasteiger partial charge < -0.3 is 10.1 Å². The highest BCUT2D eigenvalue weighted by molar-refractivity contribution is 6.36. The third-order valence-corrected chi connectivity index (χ3v) is 4.22. The Morgan fingerprint density at radius 1 is 1.14 bits per heavy atom. The fraction of sp³-hybridized carbons (Fsp3) is 0.211. The number of nitrogens with one attached hydrogen (secondary N) is 1. The molecule has 0 saturated carbocycles. The first kappa shape index (κ1) is 13.1. The molecule has 0 aromatic heterocycles. The first-order valence-electron chi connectivity index (χ1n) is 7.68. The molecular weight excluding hydrogens is 274 g/mol. The van der Waals surface area contributed by atoms with Gasteiger partial charge in [0.15, 0.2) is 0 Å². The molecule has 0 aliphatic carbocycles. The van der Waals surface area contributed by atoms with Gasteiger partial charge in [0.1, 0.15) is 12.4 Å². The van der Waals surface area contributed by atoms with Crippen LogP contribution in [0, 0.1) is 0 Å². The average molecular weight is 291 g/mol. The van der Waals surface area contributed by atoms with Gasteiger partial charge in [-0.3, -0.25) is 4.79 Å². The second-order valence-electron chi connectivity index (χ2n) is 5.73. The van der Waals surface area contributed by atoms with Crippen molar-refractivity contribution in [2.24, 2.45) is 0 Å². The quantitative estimate of drug-likeness (QED) is 0.850. The number of anilines is 1. The molecule has 0 saturated heterocycles. The summed E-state index contributed by atoms with van der Waals surface area (Å²) < 4.78 is 5.89. The lowest BCUT2D eigenvalue weighted by Gasteiger charge is -2.05. The number of hydrogen-bond acceptors (Lipinski definition) is 2. The molecule has 0 spiro atoms. The van der Waals surface area contributed by atoms with Crippen molar-refractivity contribution in [2.45, 2.75) is 26.4 Å². The first-order chi connectivity index (χ1) is 10.8. The zero-order valence-corrected chi connectivity index (χ0v) is 12.5. The van der Waals surface area contributed by atoms with Crippen molar-refractivity contribution >= 4 is 22.9 Å². The van der Waals surface area contributed by atoms with E-state index < -0.39 is 0 Å². The molecule has 0 unspecified atom stereocenters. The summed E-state index contributed by atoms with van der Waals surface area (Å²) in [6.07, 6.45) is 2.20. The van der Waals surface area contributed by atoms with E-state index in [4.69, 9.17) is 4.74 Å². The van der Waals surface area contributed by atoms with Gasteiger partial charge in [0.2, 0.25) is 0 Å². The standard InChI is InChI=1S/C19H17NO2/c1-2-5-12-8-9-14-13(10-12)11-22-18(14)17-15-6-3-4-7-16(15)20-19(17)21/h3-4,6-10H,2,5,11H2,1H3,(H,20,21)/b18-17+. The molecule has 1 amide bonds. The minimum atomic E-state index is -0.0818. The summed E-state index contributed by atoms with van der Waals surface area (Å²) in [4.78, 5) is 12.3. The lowest BCUT2D eigenvalue weighted by molar-refractivity contribution is -0.110. The smallest absolute Gasteiger partial charge is 0.260 e. The molecule has 0 fully saturated rings. The Balaban J connectivity index is 1.85. The number of hydrogen-bond donors (Lipinski definition) is 1. The molecular formula is C19H17NO2. The second kappa shape index (κ2) is 5.02. The Hall–Kier alpha value is -2.55. The summed E-state index contributed by atoms with van der Waals surface area (Å²) >= 11 is 0. The van der Waals surface area contributed by atoms with Gasteiger partial charge in [0.05, 0.1) is 5.57 Å². The van der Waals surface area contributed by atoms with Crippen LogP contribution in [0.3, 0.4) is 0 Å². The Morgan fingerprint density at radius 2 is 2.00 bits per heavy atom. The largest absolute Gasteiger partial charge is 0.487 e. The van der Waals surface area contributed by atoms with E-state index in [0.717, 1.165) is 29.7 Å². The molecule has 3 nitrogen and oxygen atoms in total. The van der Waals surface area contributed by atoms with Crippen LogP contribution in [-0.4, -0.2) is 5.91 Å². The van der Waals surface area contributed by atoms with Crippen LogP contribution in [0.4, 0.5) is 5.69 Å². The third kappa shape index (κ3) is 1.93. The summed E-state index contributed by atoms with van der Waals surface area (Å²) in [7, 11) is 0. The van der Waals surface area contributed by atoms with Gasteiger partial charge in [-0.15, -0.1) is 0 Å². The van der Waals surface area contributed by atoms with Crippen LogP contribution >= 0.6 is 0 Å². The number of amides is 1. The minimum absolute atomic E-state index is 0.0818. The van der Waals surface area contributed by atoms with Crippen molar-refractivity contribution in [1.29, 1.82) is 0 Å². The maximum absolute atomic E-state index is 12.3. The number of rotatable bonds is 2. The van der Waals surface area contributed by atoms with Crippen molar-refractivity contribution in [2.75, 3.05) is 5.32 Å². The molecule has 2 aliphatic rings. The fourth-order valence-electron chi connectivity index (χ4n) is 3.21. The highest BCUT2D eigenvalue weighted by atomic mass is 16.5. The van der Waals surface area contributed by atoms with E-state index in [1.54, 1.807) is 0 Å². The molecule has 0 radical (unpaired) electrons. The van der Waals surface area contributed by atoms with Crippen molar-refractivity contribution < 1.29 is 9.53 Å². The van der Waals surface area contributed by atoms with E-state index in [-0.39, 0.29) is 5.91 Å². The Morgan fingerprint density at radius 3 is 2.86 bits per heavy atom. The van der Waals surface area contributed by atoms with Gasteiger partial charge in [-0.2, -0.15) is 0 Å². The number of aryl methyl sites for hydroxylation is 1. The molecule has 1 N–H and O–H groups in total. The SMILES string of the molecule is CCCc1ccc2c(c1)CO/C2=C1/C(=O)Nc2ccccc21. The number of carbonyl (C=O) groups excluding carboxylic acids is 1. The van der Waals surface area contributed by atoms with Gasteiger partial charge in [0, 0.05) is 22.4 Å². The summed E-state index contributed by atoms with van der Waals surface area (Å²) in [6, 6.07) is 14.2. The Kier molecular flexibility index (Phi) is 3.00. The summed E-state index contributed by atoms with van der Waals surface area (Å²) in [5, 5.41) is 2.91. The van der Waals surface area contributed by atoms with Crippen LogP contribution in [-0.2, 0) is 22.6 Å². The number of benzene rings is 2. The summed E-state index contributed by atoms with van der Waals surface area (Å²) in [6.45, 7) is 2.72. The van der Waals surface area contributed by atoms with E-state index in [0.29, 0.717) is 17.9 Å². The number of ether oxygens (including phenoxy) is 1. The third-order valence-electron chi connectivity index (χ3n) is 4.22. The average Bonchev–Trinajstić information content (AvgIpc) is 3.07. The van der Waals surface area contributed by atoms with E-state index in [1.165, 1.54) is 11.1 Å². The lowest BCUT2D eigenvalue weighted by atomic mass is 9.98. The number of carbonyl (C=O) groups is 1. The van der Waals surface area contributed by atoms with Gasteiger partial charge in [-0.1, -0.05) is 49.7 Å². The van der Waals surface area contributed by atoms with Gasteiger partial charge >= 0.3 is 0 Å². The molecule has 2 heterocycles. The van der Waals surface area contributed by atoms with Crippen LogP contribution in [0.1, 0.15) is 35.6 Å². The monoisotopic (exact) mass is 291 g/mol. The predicted molar refractivity (Wildman–Crippen MR) is 87.1 cm³/mol. The topological polar surface area (TPSA) is 38.3 Å². The Bertz CT molecular complexity index is 805. The molecule has 2 aliphatic heterocycles. The van der Waals surface area contributed by atoms with E-state index >= 15 is 0 Å². The van der Waals surface area contributed by atoms with Crippen molar-refractivity contribution in [3.05, 3.63) is 64.7 Å². The van der Waals surface area contributed by atoms with Crippen LogP contribution in [0.15, 0.2) is 42.5 Å². The van der Waals surface area contributed by atoms with Crippen LogP contribution in [0.25, 0.3) is 11.3 Å². The summed E-state index contributed by atoms with van der Waals surface area (Å²) in [5.41, 5.74) is 5.97. The van der Waals surface area contributed by atoms with Gasteiger partial charge in [-0.05, 0) is 18.1 Å². The fourth-order valence-corrected chi connectivity index (χ4v) is 3.21. The molecule has 0 bridgehead atoms.